The predicted molar refractivity (Wildman–Crippen MR) is 108 cm³/mol. The van der Waals surface area contributed by atoms with E-state index in [1.54, 1.807) is 0 Å². The van der Waals surface area contributed by atoms with Gasteiger partial charge in [-0.3, -0.25) is 4.99 Å². The summed E-state index contributed by atoms with van der Waals surface area (Å²) < 4.78 is 34.7. The average Bonchev–Trinajstić information content (AvgIpc) is 3.25. The van der Waals surface area contributed by atoms with Gasteiger partial charge >= 0.3 is 0 Å². The van der Waals surface area contributed by atoms with Crippen LogP contribution in [0.4, 0.5) is 0 Å². The Hall–Kier alpha value is -0.130. The summed E-state index contributed by atoms with van der Waals surface area (Å²) in [6.45, 7) is 4.87. The molecule has 1 aliphatic carbocycles. The molecule has 2 N–H and O–H groups in total. The Kier molecular flexibility index (Phi) is 7.78. The van der Waals surface area contributed by atoms with Crippen LogP contribution in [0.25, 0.3) is 0 Å². The minimum Gasteiger partial charge on any atom is -0.356 e. The van der Waals surface area contributed by atoms with Gasteiger partial charge in [0, 0.05) is 32.0 Å². The van der Waals surface area contributed by atoms with Gasteiger partial charge < -0.3 is 20.1 Å². The Morgan fingerprint density at radius 1 is 1.28 bits per heavy atom. The fraction of sp³-hybridized carbons (Fsp3) is 0.938. The zero-order valence-electron chi connectivity index (χ0n) is 14.8. The topological polar surface area (TPSA) is 89.0 Å². The van der Waals surface area contributed by atoms with Crippen LogP contribution < -0.4 is 10.6 Å². The number of aliphatic imine (C=N–C) groups is 1. The largest absolute Gasteiger partial charge is 0.356 e. The van der Waals surface area contributed by atoms with E-state index in [0.29, 0.717) is 25.5 Å². The first kappa shape index (κ1) is 21.2. The van der Waals surface area contributed by atoms with Gasteiger partial charge in [-0.1, -0.05) is 6.92 Å². The molecule has 0 radical (unpaired) electrons. The molecule has 0 aromatic heterocycles. The van der Waals surface area contributed by atoms with E-state index in [9.17, 15) is 8.42 Å². The molecule has 7 nitrogen and oxygen atoms in total. The lowest BCUT2D eigenvalue weighted by Gasteiger charge is -2.22. The quantitative estimate of drug-likeness (QED) is 0.345. The van der Waals surface area contributed by atoms with Gasteiger partial charge in [-0.2, -0.15) is 0 Å². The molecule has 0 bridgehead atoms. The van der Waals surface area contributed by atoms with Gasteiger partial charge in [0.25, 0.3) is 0 Å². The highest BCUT2D eigenvalue weighted by Gasteiger charge is 2.44. The lowest BCUT2D eigenvalue weighted by Crippen LogP contribution is -2.44. The lowest BCUT2D eigenvalue weighted by molar-refractivity contribution is -0.151. The van der Waals surface area contributed by atoms with Gasteiger partial charge in [0.1, 0.15) is 0 Å². The third-order valence-electron chi connectivity index (χ3n) is 4.96. The number of rotatable bonds is 5. The van der Waals surface area contributed by atoms with E-state index in [-0.39, 0.29) is 41.7 Å². The van der Waals surface area contributed by atoms with E-state index in [0.717, 1.165) is 44.6 Å². The van der Waals surface area contributed by atoms with Crippen LogP contribution in [0, 0.1) is 5.92 Å². The summed E-state index contributed by atoms with van der Waals surface area (Å²) in [5, 5.41) is 6.80. The van der Waals surface area contributed by atoms with Crippen molar-refractivity contribution in [3.05, 3.63) is 0 Å². The van der Waals surface area contributed by atoms with Crippen molar-refractivity contribution in [3.8, 4) is 0 Å². The Labute approximate surface area is 167 Å². The van der Waals surface area contributed by atoms with Crippen LogP contribution in [0.1, 0.15) is 39.0 Å². The fourth-order valence-electron chi connectivity index (χ4n) is 3.68. The van der Waals surface area contributed by atoms with Gasteiger partial charge in [-0.25, -0.2) is 8.42 Å². The number of halogens is 1. The molecule has 0 aromatic rings. The number of ether oxygens (including phenoxy) is 2. The summed E-state index contributed by atoms with van der Waals surface area (Å²) in [6.07, 6.45) is 4.47. The smallest absolute Gasteiger partial charge is 0.191 e. The molecule has 2 saturated heterocycles. The third-order valence-corrected chi connectivity index (χ3v) is 6.80. The van der Waals surface area contributed by atoms with Crippen LogP contribution in [-0.2, 0) is 19.3 Å². The van der Waals surface area contributed by atoms with Crippen molar-refractivity contribution in [1.29, 1.82) is 0 Å². The molecule has 2 aliphatic heterocycles. The second-order valence-corrected chi connectivity index (χ2v) is 9.31. The highest BCUT2D eigenvalue weighted by Crippen LogP contribution is 2.37. The number of nitrogens with zero attached hydrogens (tertiary/aromatic N) is 1. The maximum Gasteiger partial charge on any atom is 0.191 e. The molecule has 146 valence electrons. The normalized spacial score (nSPS) is 30.4. The zero-order valence-corrected chi connectivity index (χ0v) is 18.0. The van der Waals surface area contributed by atoms with Crippen LogP contribution in [-0.4, -0.2) is 64.0 Å². The predicted octanol–water partition coefficient (Wildman–Crippen LogP) is 1.28. The molecule has 0 amide bonds. The summed E-state index contributed by atoms with van der Waals surface area (Å²) in [6, 6.07) is 0.276. The SMILES string of the molecule is CCCNC(=NCC1CCS(=O)(=O)C1)NC1CCC2(C1)OCCO2.I. The van der Waals surface area contributed by atoms with Crippen LogP contribution in [0.3, 0.4) is 0 Å². The van der Waals surface area contributed by atoms with Gasteiger partial charge in [-0.05, 0) is 25.2 Å². The maximum absolute atomic E-state index is 11.6. The van der Waals surface area contributed by atoms with Crippen molar-refractivity contribution in [2.45, 2.75) is 50.9 Å². The first-order chi connectivity index (χ1) is 11.5. The first-order valence-corrected chi connectivity index (χ1v) is 10.9. The molecule has 2 atom stereocenters. The molecule has 3 rings (SSSR count). The average molecular weight is 487 g/mol. The number of nitrogens with one attached hydrogen (secondary N) is 2. The molecule has 3 aliphatic rings. The van der Waals surface area contributed by atoms with E-state index in [1.165, 1.54) is 0 Å². The van der Waals surface area contributed by atoms with Gasteiger partial charge in [0.15, 0.2) is 21.6 Å². The lowest BCUT2D eigenvalue weighted by atomic mass is 10.1. The molecule has 2 unspecified atom stereocenters. The van der Waals surface area contributed by atoms with Crippen LogP contribution in [0.5, 0.6) is 0 Å². The van der Waals surface area contributed by atoms with Crippen molar-refractivity contribution in [3.63, 3.8) is 0 Å². The van der Waals surface area contributed by atoms with Crippen LogP contribution in [0.15, 0.2) is 4.99 Å². The van der Waals surface area contributed by atoms with Gasteiger partial charge in [0.05, 0.1) is 24.7 Å². The Balaban J connectivity index is 0.00000225. The molecule has 2 heterocycles. The summed E-state index contributed by atoms with van der Waals surface area (Å²) in [7, 11) is -2.84. The van der Waals surface area contributed by atoms with Gasteiger partial charge in [-0.15, -0.1) is 24.0 Å². The fourth-order valence-corrected chi connectivity index (χ4v) is 5.53. The van der Waals surface area contributed by atoms with E-state index < -0.39 is 15.6 Å². The first-order valence-electron chi connectivity index (χ1n) is 9.03. The van der Waals surface area contributed by atoms with Crippen molar-refractivity contribution in [2.75, 3.05) is 37.8 Å². The molecule has 0 aromatic carbocycles. The molecule has 9 heteroatoms. The Bertz CT molecular complexity index is 564. The highest BCUT2D eigenvalue weighted by molar-refractivity contribution is 14.0. The minimum absolute atomic E-state index is 0. The van der Waals surface area contributed by atoms with Crippen molar-refractivity contribution in [1.82, 2.24) is 10.6 Å². The van der Waals surface area contributed by atoms with Crippen LogP contribution in [0.2, 0.25) is 0 Å². The molecular formula is C16H30IN3O4S. The molecular weight excluding hydrogens is 457 g/mol. The van der Waals surface area contributed by atoms with Gasteiger partial charge in [0.2, 0.25) is 0 Å². The highest BCUT2D eigenvalue weighted by atomic mass is 127. The number of sulfone groups is 1. The summed E-state index contributed by atoms with van der Waals surface area (Å²) >= 11 is 0. The number of hydrogen-bond acceptors (Lipinski definition) is 5. The third kappa shape index (κ3) is 5.93. The van der Waals surface area contributed by atoms with E-state index >= 15 is 0 Å². The standard InChI is InChI=1S/C16H29N3O4S.HI/c1-2-6-17-15(18-11-13-4-9-24(20,21)12-13)19-14-3-5-16(10-14)22-7-8-23-16;/h13-14H,2-12H2,1H3,(H2,17,18,19);1H. The summed E-state index contributed by atoms with van der Waals surface area (Å²) in [4.78, 5) is 4.64. The molecule has 1 saturated carbocycles. The minimum atomic E-state index is -2.84. The van der Waals surface area contributed by atoms with E-state index in [1.807, 2.05) is 0 Å². The van der Waals surface area contributed by atoms with Crippen molar-refractivity contribution in [2.24, 2.45) is 10.9 Å². The summed E-state index contributed by atoms with van der Waals surface area (Å²) in [5.41, 5.74) is 0. The van der Waals surface area contributed by atoms with E-state index in [4.69, 9.17) is 9.47 Å². The van der Waals surface area contributed by atoms with Crippen molar-refractivity contribution < 1.29 is 17.9 Å². The summed E-state index contributed by atoms with van der Waals surface area (Å²) in [5.74, 6) is 1.10. The second kappa shape index (κ2) is 9.18. The molecule has 3 fully saturated rings. The Morgan fingerprint density at radius 2 is 2.04 bits per heavy atom. The molecule has 25 heavy (non-hydrogen) atoms. The zero-order chi connectivity index (χ0) is 17.0. The Morgan fingerprint density at radius 3 is 2.68 bits per heavy atom. The van der Waals surface area contributed by atoms with E-state index in [2.05, 4.69) is 22.5 Å². The number of hydrogen-bond donors (Lipinski definition) is 2. The number of guanidine groups is 1. The van der Waals surface area contributed by atoms with Crippen molar-refractivity contribution >= 4 is 39.8 Å². The second-order valence-electron chi connectivity index (χ2n) is 7.08. The molecule has 1 spiro atoms. The monoisotopic (exact) mass is 487 g/mol. The van der Waals surface area contributed by atoms with Crippen LogP contribution >= 0.6 is 24.0 Å². The maximum atomic E-state index is 11.6.